The van der Waals surface area contributed by atoms with E-state index < -0.39 is 8.07 Å². The SMILES string of the molecule is Cc1c[c-]c(-c2ccc([Si](C)(C)C)cn2)c(C)c1.Cc1ccnc(-c2[c-]ccc3c2oc2ccc(-c4ccc(-c5ccccc5)cc4)cc23)c1.[Ir]. The van der Waals surface area contributed by atoms with E-state index in [2.05, 4.69) is 160 Å². The zero-order valence-electron chi connectivity index (χ0n) is 29.8. The maximum absolute atomic E-state index is 6.27. The van der Waals surface area contributed by atoms with E-state index in [1.807, 2.05) is 36.7 Å². The summed E-state index contributed by atoms with van der Waals surface area (Å²) in [5.41, 5.74) is 14.1. The van der Waals surface area contributed by atoms with Crippen LogP contribution in [0.5, 0.6) is 0 Å². The number of furan rings is 1. The summed E-state index contributed by atoms with van der Waals surface area (Å²) in [7, 11) is -1.25. The quantitative estimate of drug-likeness (QED) is 0.128. The van der Waals surface area contributed by atoms with E-state index in [1.165, 1.54) is 38.6 Å². The molecule has 0 atom stereocenters. The summed E-state index contributed by atoms with van der Waals surface area (Å²) in [5, 5.41) is 3.59. The Balaban J connectivity index is 0.000000202. The van der Waals surface area contributed by atoms with Gasteiger partial charge in [-0.25, -0.2) is 0 Å². The molecule has 0 amide bonds. The van der Waals surface area contributed by atoms with E-state index >= 15 is 0 Å². The molecule has 0 saturated carbocycles. The first-order chi connectivity index (χ1) is 24.1. The average Bonchev–Trinajstić information content (AvgIpc) is 3.50. The number of rotatable bonds is 5. The molecule has 5 aromatic carbocycles. The summed E-state index contributed by atoms with van der Waals surface area (Å²) in [4.78, 5) is 9.15. The summed E-state index contributed by atoms with van der Waals surface area (Å²) < 4.78 is 6.27. The summed E-state index contributed by atoms with van der Waals surface area (Å²) in [6.45, 7) is 13.3. The maximum atomic E-state index is 6.27. The molecule has 3 nitrogen and oxygen atoms in total. The van der Waals surface area contributed by atoms with Gasteiger partial charge in [0.25, 0.3) is 0 Å². The van der Waals surface area contributed by atoms with E-state index in [4.69, 9.17) is 4.42 Å². The molecule has 0 aliphatic carbocycles. The van der Waals surface area contributed by atoms with Gasteiger partial charge >= 0.3 is 0 Å². The molecule has 5 heteroatoms. The zero-order valence-corrected chi connectivity index (χ0v) is 33.2. The smallest absolute Gasteiger partial charge is 0.120 e. The number of pyridine rings is 2. The molecule has 3 aromatic heterocycles. The molecule has 8 aromatic rings. The van der Waals surface area contributed by atoms with Gasteiger partial charge in [-0.05, 0) is 64.0 Å². The minimum absolute atomic E-state index is 0. The monoisotopic (exact) mass is 857 g/mol. The first kappa shape index (κ1) is 35.9. The Morgan fingerprint density at radius 3 is 1.96 bits per heavy atom. The topological polar surface area (TPSA) is 38.9 Å². The Morgan fingerprint density at radius 1 is 0.588 bits per heavy atom. The number of hydrogen-bond acceptors (Lipinski definition) is 3. The van der Waals surface area contributed by atoms with Gasteiger partial charge in [0.1, 0.15) is 5.58 Å². The predicted molar refractivity (Wildman–Crippen MR) is 212 cm³/mol. The van der Waals surface area contributed by atoms with Crippen LogP contribution in [-0.4, -0.2) is 18.0 Å². The van der Waals surface area contributed by atoms with Crippen LogP contribution >= 0.6 is 0 Å². The van der Waals surface area contributed by atoms with Crippen LogP contribution in [0.2, 0.25) is 19.6 Å². The predicted octanol–water partition coefficient (Wildman–Crippen LogP) is 11.8. The second-order valence-corrected chi connectivity index (χ2v) is 19.1. The van der Waals surface area contributed by atoms with Gasteiger partial charge in [-0.3, -0.25) is 0 Å². The van der Waals surface area contributed by atoms with Crippen LogP contribution in [0.15, 0.2) is 138 Å². The Bertz CT molecular complexity index is 2430. The zero-order chi connectivity index (χ0) is 34.8. The summed E-state index contributed by atoms with van der Waals surface area (Å²) in [5.74, 6) is 0. The first-order valence-electron chi connectivity index (χ1n) is 17.1. The average molecular weight is 857 g/mol. The van der Waals surface area contributed by atoms with Gasteiger partial charge in [-0.15, -0.1) is 53.1 Å². The van der Waals surface area contributed by atoms with Crippen molar-refractivity contribution in [3.05, 3.63) is 163 Å². The fourth-order valence-corrected chi connectivity index (χ4v) is 7.32. The van der Waals surface area contributed by atoms with Crippen LogP contribution in [-0.2, 0) is 20.1 Å². The molecule has 0 fully saturated rings. The number of benzene rings is 5. The molecule has 51 heavy (non-hydrogen) atoms. The molecular formula is C46H40IrN2OSi-2. The van der Waals surface area contributed by atoms with E-state index in [-0.39, 0.29) is 20.1 Å². The van der Waals surface area contributed by atoms with Crippen molar-refractivity contribution in [1.82, 2.24) is 9.97 Å². The van der Waals surface area contributed by atoms with Gasteiger partial charge in [0.2, 0.25) is 0 Å². The van der Waals surface area contributed by atoms with Gasteiger partial charge < -0.3 is 14.4 Å². The molecule has 0 N–H and O–H groups in total. The van der Waals surface area contributed by atoms with Crippen LogP contribution in [0.4, 0.5) is 0 Å². The van der Waals surface area contributed by atoms with Gasteiger partial charge in [-0.2, -0.15) is 0 Å². The van der Waals surface area contributed by atoms with Crippen molar-refractivity contribution in [2.75, 3.05) is 0 Å². The number of hydrogen-bond donors (Lipinski definition) is 0. The number of aromatic nitrogens is 2. The second kappa shape index (κ2) is 15.1. The van der Waals surface area contributed by atoms with Gasteiger partial charge in [-0.1, -0.05) is 129 Å². The standard InChI is InChI=1S/C30H20NO.C16H20NSi.Ir/c1-20-16-17-31-28(18-20)26-9-5-8-25-27-19-24(14-15-29(27)32-30(25)26)23-12-10-22(11-13-23)21-6-3-2-4-7-21;1-12-6-8-15(13(2)10-12)16-9-7-14(11-17-16)18(3,4)5;/h2-8,10-19H,1H3;6-7,9-11H,1-5H3;/q2*-1;. The van der Waals surface area contributed by atoms with Crippen molar-refractivity contribution in [3.8, 4) is 44.8 Å². The molecule has 0 aliphatic rings. The first-order valence-corrected chi connectivity index (χ1v) is 20.6. The van der Waals surface area contributed by atoms with Crippen LogP contribution in [0.25, 0.3) is 66.7 Å². The van der Waals surface area contributed by atoms with Crippen molar-refractivity contribution in [2.45, 2.75) is 40.4 Å². The third-order valence-electron chi connectivity index (χ3n) is 9.10. The molecule has 255 valence electrons. The number of aryl methyl sites for hydroxylation is 3. The van der Waals surface area contributed by atoms with Crippen LogP contribution < -0.4 is 5.19 Å². The van der Waals surface area contributed by atoms with Crippen LogP contribution in [0.3, 0.4) is 0 Å². The third kappa shape index (κ3) is 7.87. The Morgan fingerprint density at radius 2 is 1.29 bits per heavy atom. The Kier molecular flexibility index (Phi) is 10.6. The van der Waals surface area contributed by atoms with E-state index in [9.17, 15) is 0 Å². The van der Waals surface area contributed by atoms with Gasteiger partial charge in [0.15, 0.2) is 0 Å². The molecule has 8 rings (SSSR count). The van der Waals surface area contributed by atoms with Crippen molar-refractivity contribution in [1.29, 1.82) is 0 Å². The normalized spacial score (nSPS) is 11.2. The third-order valence-corrected chi connectivity index (χ3v) is 11.1. The number of nitrogens with zero attached hydrogens (tertiary/aromatic N) is 2. The molecule has 0 saturated heterocycles. The summed E-state index contributed by atoms with van der Waals surface area (Å²) >= 11 is 0. The summed E-state index contributed by atoms with van der Waals surface area (Å²) in [6, 6.07) is 48.9. The molecule has 0 bridgehead atoms. The van der Waals surface area contributed by atoms with Crippen molar-refractivity contribution >= 4 is 35.2 Å². The van der Waals surface area contributed by atoms with Gasteiger partial charge in [0, 0.05) is 37.9 Å². The minimum atomic E-state index is -1.25. The Labute approximate surface area is 315 Å². The fourth-order valence-electron chi connectivity index (χ4n) is 6.29. The van der Waals surface area contributed by atoms with Crippen LogP contribution in [0.1, 0.15) is 16.7 Å². The van der Waals surface area contributed by atoms with E-state index in [0.717, 1.165) is 50.0 Å². The summed E-state index contributed by atoms with van der Waals surface area (Å²) in [6.07, 6.45) is 3.87. The molecule has 0 aliphatic heterocycles. The fraction of sp³-hybridized carbons (Fsp3) is 0.130. The van der Waals surface area contributed by atoms with E-state index in [0.29, 0.717) is 0 Å². The molecular weight excluding hydrogens is 817 g/mol. The van der Waals surface area contributed by atoms with Crippen molar-refractivity contribution < 1.29 is 24.5 Å². The minimum Gasteiger partial charge on any atom is -0.501 e. The second-order valence-electron chi connectivity index (χ2n) is 14.0. The van der Waals surface area contributed by atoms with Gasteiger partial charge in [0.05, 0.1) is 13.7 Å². The van der Waals surface area contributed by atoms with Crippen molar-refractivity contribution in [3.63, 3.8) is 0 Å². The van der Waals surface area contributed by atoms with Crippen molar-refractivity contribution in [2.24, 2.45) is 0 Å². The largest absolute Gasteiger partial charge is 0.501 e. The molecule has 3 heterocycles. The van der Waals surface area contributed by atoms with E-state index in [1.54, 1.807) is 0 Å². The Hall–Kier alpha value is -4.93. The molecule has 0 unspecified atom stereocenters. The van der Waals surface area contributed by atoms with Crippen LogP contribution in [0, 0.1) is 32.9 Å². The number of fused-ring (bicyclic) bond motifs is 3. The molecule has 1 radical (unpaired) electrons. The maximum Gasteiger partial charge on any atom is 0.120 e. The molecule has 0 spiro atoms.